The topological polar surface area (TPSA) is 41.1 Å². The van der Waals surface area contributed by atoms with Crippen molar-refractivity contribution in [1.82, 2.24) is 0 Å². The van der Waals surface area contributed by atoms with Gasteiger partial charge in [-0.15, -0.1) is 0 Å². The number of aryl methyl sites for hydroxylation is 1. The van der Waals surface area contributed by atoms with Crippen LogP contribution in [0.25, 0.3) is 0 Å². The highest BCUT2D eigenvalue weighted by Crippen LogP contribution is 2.30. The third-order valence-corrected chi connectivity index (χ3v) is 4.29. The van der Waals surface area contributed by atoms with E-state index in [-0.39, 0.29) is 5.91 Å². The van der Waals surface area contributed by atoms with E-state index in [0.717, 1.165) is 11.3 Å². The lowest BCUT2D eigenvalue weighted by Gasteiger charge is -2.12. The van der Waals surface area contributed by atoms with E-state index in [9.17, 15) is 4.79 Å². The van der Waals surface area contributed by atoms with Crippen LogP contribution in [0.3, 0.4) is 0 Å². The molecule has 0 heterocycles. The van der Waals surface area contributed by atoms with Crippen molar-refractivity contribution in [2.24, 2.45) is 0 Å². The van der Waals surface area contributed by atoms with Crippen molar-refractivity contribution < 1.29 is 4.79 Å². The molecule has 2 aromatic carbocycles. The van der Waals surface area contributed by atoms with Crippen molar-refractivity contribution in [2.75, 3.05) is 17.7 Å². The average Bonchev–Trinajstić information content (AvgIpc) is 2.43. The molecule has 2 N–H and O–H groups in total. The Balaban J connectivity index is 2.31. The highest BCUT2D eigenvalue weighted by Gasteiger charge is 2.13. The van der Waals surface area contributed by atoms with E-state index in [0.29, 0.717) is 20.7 Å². The Morgan fingerprint density at radius 1 is 1.20 bits per heavy atom. The molecule has 0 fully saturated rings. The van der Waals surface area contributed by atoms with E-state index in [2.05, 4.69) is 26.6 Å². The van der Waals surface area contributed by atoms with Crippen LogP contribution >= 0.6 is 27.5 Å². The number of benzene rings is 2. The van der Waals surface area contributed by atoms with Gasteiger partial charge in [-0.25, -0.2) is 0 Å². The molecule has 20 heavy (non-hydrogen) atoms. The molecule has 0 aliphatic heterocycles. The van der Waals surface area contributed by atoms with Gasteiger partial charge in [0.2, 0.25) is 0 Å². The van der Waals surface area contributed by atoms with Crippen molar-refractivity contribution in [3.63, 3.8) is 0 Å². The standard InChI is InChI=1S/C15H14BrClN2O/c1-9-6-7-10(13(8-9)18-2)15(20)19-12-5-3-4-11(17)14(12)16/h3-8,18H,1-2H3,(H,19,20). The van der Waals surface area contributed by atoms with E-state index < -0.39 is 0 Å². The third-order valence-electron chi connectivity index (χ3n) is 2.89. The van der Waals surface area contributed by atoms with Crippen LogP contribution in [0, 0.1) is 6.92 Å². The molecule has 0 aliphatic rings. The van der Waals surface area contributed by atoms with Crippen LogP contribution in [0.4, 0.5) is 11.4 Å². The van der Waals surface area contributed by atoms with E-state index in [1.807, 2.05) is 19.1 Å². The maximum absolute atomic E-state index is 12.4. The summed E-state index contributed by atoms with van der Waals surface area (Å²) in [6.07, 6.45) is 0. The Morgan fingerprint density at radius 3 is 2.65 bits per heavy atom. The van der Waals surface area contributed by atoms with Crippen LogP contribution in [0.2, 0.25) is 5.02 Å². The normalized spacial score (nSPS) is 10.2. The van der Waals surface area contributed by atoms with Crippen LogP contribution in [-0.2, 0) is 0 Å². The molecule has 0 saturated heterocycles. The predicted molar refractivity (Wildman–Crippen MR) is 87.8 cm³/mol. The van der Waals surface area contributed by atoms with Gasteiger partial charge < -0.3 is 10.6 Å². The zero-order valence-corrected chi connectivity index (χ0v) is 13.5. The molecule has 2 rings (SSSR count). The van der Waals surface area contributed by atoms with Gasteiger partial charge in [-0.3, -0.25) is 4.79 Å². The minimum atomic E-state index is -0.183. The lowest BCUT2D eigenvalue weighted by atomic mass is 10.1. The number of carbonyl (C=O) groups is 1. The number of rotatable bonds is 3. The summed E-state index contributed by atoms with van der Waals surface area (Å²) in [5, 5.41) is 6.44. The minimum absolute atomic E-state index is 0.183. The lowest BCUT2D eigenvalue weighted by molar-refractivity contribution is 0.102. The largest absolute Gasteiger partial charge is 0.387 e. The molecule has 5 heteroatoms. The summed E-state index contributed by atoms with van der Waals surface area (Å²) in [6, 6.07) is 11.0. The molecule has 0 unspecified atom stereocenters. The zero-order chi connectivity index (χ0) is 14.7. The molecule has 0 aliphatic carbocycles. The van der Waals surface area contributed by atoms with Gasteiger partial charge in [0.1, 0.15) is 0 Å². The van der Waals surface area contributed by atoms with Crippen LogP contribution in [0.5, 0.6) is 0 Å². The van der Waals surface area contributed by atoms with Crippen LogP contribution < -0.4 is 10.6 Å². The molecule has 0 atom stereocenters. The van der Waals surface area contributed by atoms with Gasteiger partial charge in [-0.1, -0.05) is 23.7 Å². The Morgan fingerprint density at radius 2 is 1.95 bits per heavy atom. The Bertz CT molecular complexity index is 658. The molecular formula is C15H14BrClN2O. The summed E-state index contributed by atoms with van der Waals surface area (Å²) >= 11 is 9.38. The summed E-state index contributed by atoms with van der Waals surface area (Å²) in [5.74, 6) is -0.183. The molecule has 2 aromatic rings. The van der Waals surface area contributed by atoms with Gasteiger partial charge in [0.25, 0.3) is 5.91 Å². The second-order valence-corrected chi connectivity index (χ2v) is 5.55. The van der Waals surface area contributed by atoms with Crippen molar-refractivity contribution >= 4 is 44.8 Å². The van der Waals surface area contributed by atoms with E-state index in [1.165, 1.54) is 0 Å². The Kier molecular flexibility index (Phi) is 4.68. The Labute approximate surface area is 131 Å². The van der Waals surface area contributed by atoms with Crippen molar-refractivity contribution in [3.8, 4) is 0 Å². The van der Waals surface area contributed by atoms with Gasteiger partial charge in [0.15, 0.2) is 0 Å². The summed E-state index contributed by atoms with van der Waals surface area (Å²) in [5.41, 5.74) is 3.12. The fourth-order valence-electron chi connectivity index (χ4n) is 1.85. The monoisotopic (exact) mass is 352 g/mol. The molecule has 0 aromatic heterocycles. The maximum Gasteiger partial charge on any atom is 0.257 e. The summed E-state index contributed by atoms with van der Waals surface area (Å²) in [7, 11) is 1.79. The zero-order valence-electron chi connectivity index (χ0n) is 11.1. The van der Waals surface area contributed by atoms with Crippen molar-refractivity contribution in [2.45, 2.75) is 6.92 Å². The Hall–Kier alpha value is -1.52. The van der Waals surface area contributed by atoms with E-state index in [4.69, 9.17) is 11.6 Å². The molecule has 104 valence electrons. The molecule has 0 radical (unpaired) electrons. The fourth-order valence-corrected chi connectivity index (χ4v) is 2.39. The summed E-state index contributed by atoms with van der Waals surface area (Å²) in [6.45, 7) is 1.98. The summed E-state index contributed by atoms with van der Waals surface area (Å²) < 4.78 is 0.674. The second-order valence-electron chi connectivity index (χ2n) is 4.35. The predicted octanol–water partition coefficient (Wildman–Crippen LogP) is 4.70. The maximum atomic E-state index is 12.4. The number of halogens is 2. The molecular weight excluding hydrogens is 340 g/mol. The van der Waals surface area contributed by atoms with E-state index >= 15 is 0 Å². The molecule has 0 bridgehead atoms. The number of hydrogen-bond donors (Lipinski definition) is 2. The van der Waals surface area contributed by atoms with Crippen molar-refractivity contribution in [1.29, 1.82) is 0 Å². The number of amides is 1. The minimum Gasteiger partial charge on any atom is -0.387 e. The fraction of sp³-hybridized carbons (Fsp3) is 0.133. The molecule has 0 spiro atoms. The van der Waals surface area contributed by atoms with Gasteiger partial charge in [-0.05, 0) is 52.7 Å². The smallest absolute Gasteiger partial charge is 0.257 e. The highest BCUT2D eigenvalue weighted by atomic mass is 79.9. The third kappa shape index (κ3) is 3.14. The second kappa shape index (κ2) is 6.29. The van der Waals surface area contributed by atoms with E-state index in [1.54, 1.807) is 31.3 Å². The number of anilines is 2. The first-order valence-electron chi connectivity index (χ1n) is 6.06. The van der Waals surface area contributed by atoms with Crippen LogP contribution in [0.15, 0.2) is 40.9 Å². The SMILES string of the molecule is CNc1cc(C)ccc1C(=O)Nc1cccc(Cl)c1Br. The quantitative estimate of drug-likeness (QED) is 0.839. The lowest BCUT2D eigenvalue weighted by Crippen LogP contribution is -2.14. The van der Waals surface area contributed by atoms with Crippen LogP contribution in [-0.4, -0.2) is 13.0 Å². The highest BCUT2D eigenvalue weighted by molar-refractivity contribution is 9.10. The number of nitrogens with one attached hydrogen (secondary N) is 2. The van der Waals surface area contributed by atoms with Crippen LogP contribution in [0.1, 0.15) is 15.9 Å². The first-order chi connectivity index (χ1) is 9.52. The molecule has 3 nitrogen and oxygen atoms in total. The van der Waals surface area contributed by atoms with Gasteiger partial charge in [0.05, 0.1) is 20.7 Å². The molecule has 1 amide bonds. The average molecular weight is 354 g/mol. The van der Waals surface area contributed by atoms with Gasteiger partial charge in [0, 0.05) is 12.7 Å². The van der Waals surface area contributed by atoms with Crippen molar-refractivity contribution in [3.05, 3.63) is 57.0 Å². The number of hydrogen-bond acceptors (Lipinski definition) is 2. The number of carbonyl (C=O) groups excluding carboxylic acids is 1. The summed E-state index contributed by atoms with van der Waals surface area (Å²) in [4.78, 5) is 12.4. The molecule has 0 saturated carbocycles. The first-order valence-corrected chi connectivity index (χ1v) is 7.24. The van der Waals surface area contributed by atoms with Gasteiger partial charge in [-0.2, -0.15) is 0 Å². The van der Waals surface area contributed by atoms with Gasteiger partial charge >= 0.3 is 0 Å². The first kappa shape index (κ1) is 14.9.